The lowest BCUT2D eigenvalue weighted by molar-refractivity contribution is 0.250. The van der Waals surface area contributed by atoms with Gasteiger partial charge >= 0.3 is 0 Å². The predicted octanol–water partition coefficient (Wildman–Crippen LogP) is 2.11. The molecule has 2 aromatic rings. The summed E-state index contributed by atoms with van der Waals surface area (Å²) in [6, 6.07) is 7.31. The quantitative estimate of drug-likeness (QED) is 0.743. The SMILES string of the molecule is Cc1c(CO)oc2cc(C#N)ccc12. The summed E-state index contributed by atoms with van der Waals surface area (Å²) >= 11 is 0. The monoisotopic (exact) mass is 187 g/mol. The molecule has 0 aliphatic rings. The molecular weight excluding hydrogens is 178 g/mol. The first-order valence-electron chi connectivity index (χ1n) is 4.29. The van der Waals surface area contributed by atoms with E-state index < -0.39 is 0 Å². The zero-order valence-corrected chi connectivity index (χ0v) is 7.74. The molecule has 0 bridgehead atoms. The van der Waals surface area contributed by atoms with E-state index in [2.05, 4.69) is 0 Å². The van der Waals surface area contributed by atoms with Gasteiger partial charge < -0.3 is 9.52 Å². The lowest BCUT2D eigenvalue weighted by Crippen LogP contribution is -1.80. The Kier molecular flexibility index (Phi) is 1.99. The summed E-state index contributed by atoms with van der Waals surface area (Å²) in [7, 11) is 0. The van der Waals surface area contributed by atoms with Crippen LogP contribution in [0.3, 0.4) is 0 Å². The first-order chi connectivity index (χ1) is 6.76. The van der Waals surface area contributed by atoms with Gasteiger partial charge in [0.25, 0.3) is 0 Å². The zero-order valence-electron chi connectivity index (χ0n) is 7.74. The summed E-state index contributed by atoms with van der Waals surface area (Å²) in [5, 5.41) is 18.6. The highest BCUT2D eigenvalue weighted by Crippen LogP contribution is 2.25. The van der Waals surface area contributed by atoms with Gasteiger partial charge in [-0.05, 0) is 25.1 Å². The number of rotatable bonds is 1. The van der Waals surface area contributed by atoms with E-state index in [1.54, 1.807) is 12.1 Å². The molecule has 0 saturated heterocycles. The molecule has 1 aromatic carbocycles. The van der Waals surface area contributed by atoms with Crippen LogP contribution in [-0.2, 0) is 6.61 Å². The van der Waals surface area contributed by atoms with E-state index in [1.165, 1.54) is 0 Å². The molecule has 0 fully saturated rings. The number of nitriles is 1. The molecule has 0 atom stereocenters. The molecule has 0 unspecified atom stereocenters. The number of aryl methyl sites for hydroxylation is 1. The van der Waals surface area contributed by atoms with Gasteiger partial charge in [-0.1, -0.05) is 0 Å². The van der Waals surface area contributed by atoms with Crippen LogP contribution in [0.15, 0.2) is 22.6 Å². The molecule has 1 heterocycles. The highest BCUT2D eigenvalue weighted by Gasteiger charge is 2.09. The highest BCUT2D eigenvalue weighted by molar-refractivity contribution is 5.83. The smallest absolute Gasteiger partial charge is 0.136 e. The Bertz CT molecular complexity index is 520. The number of aliphatic hydroxyl groups excluding tert-OH is 1. The Morgan fingerprint density at radius 2 is 2.29 bits per heavy atom. The van der Waals surface area contributed by atoms with Gasteiger partial charge in [0.1, 0.15) is 18.0 Å². The molecule has 0 aliphatic heterocycles. The maximum Gasteiger partial charge on any atom is 0.136 e. The molecule has 0 radical (unpaired) electrons. The number of hydrogen-bond acceptors (Lipinski definition) is 3. The molecule has 1 N–H and O–H groups in total. The standard InChI is InChI=1S/C11H9NO2/c1-7-9-3-2-8(5-12)4-10(9)14-11(7)6-13/h2-4,13H,6H2,1H3. The van der Waals surface area contributed by atoms with Crippen molar-refractivity contribution in [3.05, 3.63) is 35.1 Å². The Labute approximate surface area is 81.2 Å². The molecular formula is C11H9NO2. The molecule has 0 spiro atoms. The van der Waals surface area contributed by atoms with E-state index in [4.69, 9.17) is 14.8 Å². The Morgan fingerprint density at radius 1 is 1.50 bits per heavy atom. The van der Waals surface area contributed by atoms with E-state index in [-0.39, 0.29) is 6.61 Å². The van der Waals surface area contributed by atoms with Gasteiger partial charge in [0.2, 0.25) is 0 Å². The third kappa shape index (κ3) is 1.17. The van der Waals surface area contributed by atoms with Crippen molar-refractivity contribution < 1.29 is 9.52 Å². The Balaban J connectivity index is 2.74. The van der Waals surface area contributed by atoms with Crippen molar-refractivity contribution in [2.45, 2.75) is 13.5 Å². The lowest BCUT2D eigenvalue weighted by Gasteiger charge is -1.89. The molecule has 0 amide bonds. The topological polar surface area (TPSA) is 57.2 Å². The summed E-state index contributed by atoms with van der Waals surface area (Å²) in [6.45, 7) is 1.78. The summed E-state index contributed by atoms with van der Waals surface area (Å²) in [6.07, 6.45) is 0. The Morgan fingerprint density at radius 3 is 2.93 bits per heavy atom. The van der Waals surface area contributed by atoms with E-state index >= 15 is 0 Å². The van der Waals surface area contributed by atoms with Crippen LogP contribution < -0.4 is 0 Å². The first-order valence-corrected chi connectivity index (χ1v) is 4.29. The van der Waals surface area contributed by atoms with Crippen molar-refractivity contribution in [2.24, 2.45) is 0 Å². The van der Waals surface area contributed by atoms with Crippen LogP contribution >= 0.6 is 0 Å². The number of hydrogen-bond donors (Lipinski definition) is 1. The average Bonchev–Trinajstić information content (AvgIpc) is 2.55. The van der Waals surface area contributed by atoms with Crippen molar-refractivity contribution in [1.29, 1.82) is 5.26 Å². The molecule has 14 heavy (non-hydrogen) atoms. The minimum Gasteiger partial charge on any atom is -0.458 e. The molecule has 2 rings (SSSR count). The number of nitrogens with zero attached hydrogens (tertiary/aromatic N) is 1. The molecule has 3 heteroatoms. The van der Waals surface area contributed by atoms with Crippen molar-refractivity contribution in [2.75, 3.05) is 0 Å². The fourth-order valence-corrected chi connectivity index (χ4v) is 1.50. The van der Waals surface area contributed by atoms with Crippen LogP contribution in [0.25, 0.3) is 11.0 Å². The third-order valence-electron chi connectivity index (χ3n) is 2.31. The van der Waals surface area contributed by atoms with E-state index in [1.807, 2.05) is 19.1 Å². The predicted molar refractivity (Wildman–Crippen MR) is 51.6 cm³/mol. The number of aliphatic hydroxyl groups is 1. The minimum atomic E-state index is -0.109. The molecule has 0 saturated carbocycles. The van der Waals surface area contributed by atoms with Gasteiger partial charge in [0.15, 0.2) is 0 Å². The fourth-order valence-electron chi connectivity index (χ4n) is 1.50. The average molecular weight is 187 g/mol. The second-order valence-electron chi connectivity index (χ2n) is 3.13. The van der Waals surface area contributed by atoms with Gasteiger partial charge in [-0.25, -0.2) is 0 Å². The van der Waals surface area contributed by atoms with Crippen molar-refractivity contribution in [3.63, 3.8) is 0 Å². The number of furan rings is 1. The van der Waals surface area contributed by atoms with Gasteiger partial charge in [-0.15, -0.1) is 0 Å². The van der Waals surface area contributed by atoms with E-state index in [0.717, 1.165) is 10.9 Å². The maximum atomic E-state index is 8.99. The second-order valence-corrected chi connectivity index (χ2v) is 3.13. The van der Waals surface area contributed by atoms with Gasteiger partial charge in [-0.2, -0.15) is 5.26 Å². The summed E-state index contributed by atoms with van der Waals surface area (Å²) in [5.41, 5.74) is 2.16. The molecule has 1 aromatic heterocycles. The summed E-state index contributed by atoms with van der Waals surface area (Å²) < 4.78 is 5.39. The maximum absolute atomic E-state index is 8.99. The van der Waals surface area contributed by atoms with Crippen LogP contribution in [0, 0.1) is 18.3 Å². The van der Waals surface area contributed by atoms with Crippen molar-refractivity contribution in [3.8, 4) is 6.07 Å². The normalized spacial score (nSPS) is 10.4. The van der Waals surface area contributed by atoms with E-state index in [9.17, 15) is 0 Å². The van der Waals surface area contributed by atoms with Crippen molar-refractivity contribution >= 4 is 11.0 Å². The van der Waals surface area contributed by atoms with Crippen LogP contribution in [0.4, 0.5) is 0 Å². The van der Waals surface area contributed by atoms with Gasteiger partial charge in [-0.3, -0.25) is 0 Å². The molecule has 3 nitrogen and oxygen atoms in total. The fraction of sp³-hybridized carbons (Fsp3) is 0.182. The molecule has 70 valence electrons. The van der Waals surface area contributed by atoms with E-state index in [0.29, 0.717) is 16.9 Å². The minimum absolute atomic E-state index is 0.109. The summed E-state index contributed by atoms with van der Waals surface area (Å²) in [5.74, 6) is 0.565. The molecule has 0 aliphatic carbocycles. The van der Waals surface area contributed by atoms with Crippen LogP contribution in [0.1, 0.15) is 16.9 Å². The van der Waals surface area contributed by atoms with Crippen LogP contribution in [0.2, 0.25) is 0 Å². The van der Waals surface area contributed by atoms with Crippen molar-refractivity contribution in [1.82, 2.24) is 0 Å². The lowest BCUT2D eigenvalue weighted by atomic mass is 10.1. The second kappa shape index (κ2) is 3.17. The Hall–Kier alpha value is -1.79. The number of benzene rings is 1. The van der Waals surface area contributed by atoms with Gasteiger partial charge in [0, 0.05) is 10.9 Å². The first kappa shape index (κ1) is 8.79. The summed E-state index contributed by atoms with van der Waals surface area (Å²) in [4.78, 5) is 0. The van der Waals surface area contributed by atoms with Crippen LogP contribution in [-0.4, -0.2) is 5.11 Å². The van der Waals surface area contributed by atoms with Crippen LogP contribution in [0.5, 0.6) is 0 Å². The highest BCUT2D eigenvalue weighted by atomic mass is 16.4. The third-order valence-corrected chi connectivity index (χ3v) is 2.31. The zero-order chi connectivity index (χ0) is 10.1. The largest absolute Gasteiger partial charge is 0.458 e. The number of fused-ring (bicyclic) bond motifs is 1. The van der Waals surface area contributed by atoms with Gasteiger partial charge in [0.05, 0.1) is 11.6 Å².